The Morgan fingerprint density at radius 3 is 2.81 bits per heavy atom. The van der Waals surface area contributed by atoms with Crippen LogP contribution in [0.2, 0.25) is 0 Å². The van der Waals surface area contributed by atoms with Gasteiger partial charge in [-0.15, -0.1) is 0 Å². The van der Waals surface area contributed by atoms with E-state index in [1.807, 2.05) is 43.0 Å². The lowest BCUT2D eigenvalue weighted by molar-refractivity contribution is -0.147. The van der Waals surface area contributed by atoms with E-state index in [2.05, 4.69) is 16.0 Å². The number of nitrogens with zero attached hydrogens (tertiary/aromatic N) is 3. The molecule has 6 nitrogen and oxygen atoms in total. The van der Waals surface area contributed by atoms with Gasteiger partial charge in [-0.2, -0.15) is 0 Å². The van der Waals surface area contributed by atoms with Gasteiger partial charge < -0.3 is 14.4 Å². The van der Waals surface area contributed by atoms with Gasteiger partial charge in [-0.25, -0.2) is 9.97 Å². The van der Waals surface area contributed by atoms with Gasteiger partial charge in [0.25, 0.3) is 5.91 Å². The minimum Gasteiger partial charge on any atom is -0.458 e. The maximum atomic E-state index is 13.1. The molecule has 2 aliphatic heterocycles. The fourth-order valence-electron chi connectivity index (χ4n) is 3.89. The monoisotopic (exact) mass is 367 g/mol. The van der Waals surface area contributed by atoms with Crippen LogP contribution in [-0.4, -0.2) is 46.6 Å². The van der Waals surface area contributed by atoms with E-state index in [9.17, 15) is 4.79 Å². The molecule has 0 N–H and O–H groups in total. The number of rotatable bonds is 3. The average molecular weight is 367 g/mol. The normalized spacial score (nSPS) is 22.2. The third-order valence-corrected chi connectivity index (χ3v) is 5.14. The fourth-order valence-corrected chi connectivity index (χ4v) is 3.89. The average Bonchev–Trinajstić information content (AvgIpc) is 2.66. The van der Waals surface area contributed by atoms with E-state index in [4.69, 9.17) is 9.47 Å². The number of aryl methyl sites for hydroxylation is 2. The number of benzene rings is 1. The first-order valence-electron chi connectivity index (χ1n) is 9.57. The first-order chi connectivity index (χ1) is 13.1. The molecule has 2 atom stereocenters. The number of ether oxygens (including phenoxy) is 2. The molecular weight excluding hydrogens is 342 g/mol. The first kappa shape index (κ1) is 17.9. The SMILES string of the molecule is Cc1cc(C)nc(OC2CCCN(C(=O)C3OCCc4ccccc43)C2)n1. The van der Waals surface area contributed by atoms with Crippen LogP contribution in [0.1, 0.15) is 41.5 Å². The lowest BCUT2D eigenvalue weighted by Crippen LogP contribution is -2.47. The molecule has 0 aliphatic carbocycles. The van der Waals surface area contributed by atoms with Crippen LogP contribution < -0.4 is 4.74 Å². The van der Waals surface area contributed by atoms with E-state index in [0.29, 0.717) is 19.2 Å². The molecule has 3 heterocycles. The highest BCUT2D eigenvalue weighted by atomic mass is 16.5. The molecule has 1 aromatic carbocycles. The zero-order chi connectivity index (χ0) is 18.8. The molecule has 1 aromatic heterocycles. The van der Waals surface area contributed by atoms with Crippen molar-refractivity contribution >= 4 is 5.91 Å². The number of aromatic nitrogens is 2. The van der Waals surface area contributed by atoms with Crippen LogP contribution in [0.3, 0.4) is 0 Å². The molecule has 0 bridgehead atoms. The molecule has 0 saturated carbocycles. The second-order valence-electron chi connectivity index (χ2n) is 7.30. The number of piperidine rings is 1. The van der Waals surface area contributed by atoms with Crippen LogP contribution in [0.15, 0.2) is 30.3 Å². The van der Waals surface area contributed by atoms with Gasteiger partial charge in [0.1, 0.15) is 6.10 Å². The Balaban J connectivity index is 1.46. The Morgan fingerprint density at radius 1 is 1.22 bits per heavy atom. The van der Waals surface area contributed by atoms with Gasteiger partial charge in [-0.1, -0.05) is 24.3 Å². The summed E-state index contributed by atoms with van der Waals surface area (Å²) in [7, 11) is 0. The summed E-state index contributed by atoms with van der Waals surface area (Å²) < 4.78 is 11.8. The number of likely N-dealkylation sites (tertiary alicyclic amines) is 1. The molecule has 1 saturated heterocycles. The molecular formula is C21H25N3O3. The van der Waals surface area contributed by atoms with Gasteiger partial charge in [0.05, 0.1) is 13.2 Å². The second-order valence-corrected chi connectivity index (χ2v) is 7.30. The van der Waals surface area contributed by atoms with Gasteiger partial charge >= 0.3 is 6.01 Å². The minimum absolute atomic E-state index is 0.0248. The molecule has 2 aliphatic rings. The third-order valence-electron chi connectivity index (χ3n) is 5.14. The van der Waals surface area contributed by atoms with E-state index >= 15 is 0 Å². The number of carbonyl (C=O) groups is 1. The molecule has 2 unspecified atom stereocenters. The smallest absolute Gasteiger partial charge is 0.317 e. The number of carbonyl (C=O) groups excluding carboxylic acids is 1. The van der Waals surface area contributed by atoms with Gasteiger partial charge in [0.15, 0.2) is 6.10 Å². The summed E-state index contributed by atoms with van der Waals surface area (Å²) in [6, 6.07) is 10.4. The zero-order valence-corrected chi connectivity index (χ0v) is 15.9. The van der Waals surface area contributed by atoms with E-state index in [1.54, 1.807) is 0 Å². The highest BCUT2D eigenvalue weighted by Crippen LogP contribution is 2.29. The summed E-state index contributed by atoms with van der Waals surface area (Å²) in [6.07, 6.45) is 2.04. The Kier molecular flexibility index (Phi) is 5.07. The summed E-state index contributed by atoms with van der Waals surface area (Å²) in [4.78, 5) is 23.7. The topological polar surface area (TPSA) is 64.5 Å². The van der Waals surface area contributed by atoms with Crippen molar-refractivity contribution in [3.8, 4) is 6.01 Å². The van der Waals surface area contributed by atoms with Crippen LogP contribution in [0, 0.1) is 13.8 Å². The van der Waals surface area contributed by atoms with Crippen LogP contribution in [0.5, 0.6) is 6.01 Å². The quantitative estimate of drug-likeness (QED) is 0.835. The van der Waals surface area contributed by atoms with Crippen molar-refractivity contribution in [2.24, 2.45) is 0 Å². The van der Waals surface area contributed by atoms with Crippen molar-refractivity contribution in [2.45, 2.75) is 45.3 Å². The summed E-state index contributed by atoms with van der Waals surface area (Å²) in [5.74, 6) is 0.0248. The zero-order valence-electron chi connectivity index (χ0n) is 15.9. The lowest BCUT2D eigenvalue weighted by Gasteiger charge is -2.36. The maximum Gasteiger partial charge on any atom is 0.317 e. The van der Waals surface area contributed by atoms with Crippen LogP contribution in [0.25, 0.3) is 0 Å². The Labute approximate surface area is 159 Å². The Morgan fingerprint density at radius 2 is 2.00 bits per heavy atom. The molecule has 1 amide bonds. The number of fused-ring (bicyclic) bond motifs is 1. The summed E-state index contributed by atoms with van der Waals surface area (Å²) in [6.45, 7) is 5.70. The number of hydrogen-bond donors (Lipinski definition) is 0. The fraction of sp³-hybridized carbons (Fsp3) is 0.476. The van der Waals surface area contributed by atoms with E-state index in [0.717, 1.165) is 42.8 Å². The van der Waals surface area contributed by atoms with Crippen molar-refractivity contribution in [1.82, 2.24) is 14.9 Å². The highest BCUT2D eigenvalue weighted by molar-refractivity contribution is 5.83. The first-order valence-corrected chi connectivity index (χ1v) is 9.57. The van der Waals surface area contributed by atoms with Crippen LogP contribution in [-0.2, 0) is 16.0 Å². The summed E-state index contributed by atoms with van der Waals surface area (Å²) in [5, 5.41) is 0. The molecule has 2 aromatic rings. The van der Waals surface area contributed by atoms with E-state index in [-0.39, 0.29) is 12.0 Å². The molecule has 1 fully saturated rings. The van der Waals surface area contributed by atoms with Gasteiger partial charge in [0, 0.05) is 17.9 Å². The molecule has 27 heavy (non-hydrogen) atoms. The largest absolute Gasteiger partial charge is 0.458 e. The second kappa shape index (κ2) is 7.64. The van der Waals surface area contributed by atoms with Gasteiger partial charge in [-0.3, -0.25) is 4.79 Å². The Bertz CT molecular complexity index is 819. The standard InChI is InChI=1S/C21H25N3O3/c1-14-12-15(2)23-21(22-14)27-17-7-5-10-24(13-17)20(25)19-18-8-4-3-6-16(18)9-11-26-19/h3-4,6,8,12,17,19H,5,7,9-11,13H2,1-2H3. The highest BCUT2D eigenvalue weighted by Gasteiger charge is 2.34. The number of amides is 1. The van der Waals surface area contributed by atoms with Crippen molar-refractivity contribution in [3.63, 3.8) is 0 Å². The van der Waals surface area contributed by atoms with Crippen LogP contribution in [0.4, 0.5) is 0 Å². The van der Waals surface area contributed by atoms with Crippen molar-refractivity contribution in [3.05, 3.63) is 52.8 Å². The maximum absolute atomic E-state index is 13.1. The van der Waals surface area contributed by atoms with Crippen molar-refractivity contribution < 1.29 is 14.3 Å². The number of hydrogen-bond acceptors (Lipinski definition) is 5. The predicted octanol–water partition coefficient (Wildman–Crippen LogP) is 2.78. The molecule has 4 rings (SSSR count). The van der Waals surface area contributed by atoms with Crippen LogP contribution >= 0.6 is 0 Å². The molecule has 6 heteroatoms. The third kappa shape index (κ3) is 3.95. The predicted molar refractivity (Wildman–Crippen MR) is 101 cm³/mol. The van der Waals surface area contributed by atoms with Crippen molar-refractivity contribution in [2.75, 3.05) is 19.7 Å². The Hall–Kier alpha value is -2.47. The molecule has 0 radical (unpaired) electrons. The summed E-state index contributed by atoms with van der Waals surface area (Å²) >= 11 is 0. The molecule has 142 valence electrons. The minimum atomic E-state index is -0.508. The van der Waals surface area contributed by atoms with E-state index in [1.165, 1.54) is 5.56 Å². The van der Waals surface area contributed by atoms with E-state index < -0.39 is 6.10 Å². The van der Waals surface area contributed by atoms with Gasteiger partial charge in [0.2, 0.25) is 0 Å². The molecule has 0 spiro atoms. The van der Waals surface area contributed by atoms with Crippen molar-refractivity contribution in [1.29, 1.82) is 0 Å². The summed E-state index contributed by atoms with van der Waals surface area (Å²) in [5.41, 5.74) is 3.96. The lowest BCUT2D eigenvalue weighted by atomic mass is 9.96. The van der Waals surface area contributed by atoms with Gasteiger partial charge in [-0.05, 0) is 50.3 Å².